The molecule has 1 N–H and O–H groups in total. The molecular formula is C17H12ClNO3. The van der Waals surface area contributed by atoms with E-state index in [1.54, 1.807) is 42.5 Å². The Balaban J connectivity index is 1.88. The molecule has 0 atom stereocenters. The topological polar surface area (TPSA) is 59.3 Å². The fourth-order valence-electron chi connectivity index (χ4n) is 2.09. The molecule has 2 aromatic carbocycles. The summed E-state index contributed by atoms with van der Waals surface area (Å²) in [7, 11) is 0. The first-order valence-corrected chi connectivity index (χ1v) is 7.02. The molecule has 0 spiro atoms. The van der Waals surface area contributed by atoms with Crippen molar-refractivity contribution in [3.63, 3.8) is 0 Å². The van der Waals surface area contributed by atoms with Gasteiger partial charge in [-0.15, -0.1) is 0 Å². The zero-order valence-electron chi connectivity index (χ0n) is 11.7. The third kappa shape index (κ3) is 2.87. The second-order valence-electron chi connectivity index (χ2n) is 4.93. The predicted octanol–water partition coefficient (Wildman–Crippen LogP) is 4.01. The molecule has 1 aromatic heterocycles. The Labute approximate surface area is 131 Å². The molecule has 110 valence electrons. The largest absolute Gasteiger partial charge is 0.423 e. The van der Waals surface area contributed by atoms with Gasteiger partial charge in [-0.1, -0.05) is 17.7 Å². The maximum Gasteiger partial charge on any atom is 0.336 e. The number of carbonyl (C=O) groups is 1. The van der Waals surface area contributed by atoms with Crippen LogP contribution < -0.4 is 10.9 Å². The van der Waals surface area contributed by atoms with E-state index >= 15 is 0 Å². The summed E-state index contributed by atoms with van der Waals surface area (Å²) in [6, 6.07) is 13.2. The van der Waals surface area contributed by atoms with Crippen LogP contribution in [0.25, 0.3) is 11.0 Å². The molecule has 0 saturated carbocycles. The lowest BCUT2D eigenvalue weighted by atomic mass is 10.1. The summed E-state index contributed by atoms with van der Waals surface area (Å²) in [4.78, 5) is 23.4. The molecule has 0 radical (unpaired) electrons. The lowest BCUT2D eigenvalue weighted by Crippen LogP contribution is -2.11. The molecule has 5 heteroatoms. The highest BCUT2D eigenvalue weighted by Gasteiger charge is 2.08. The van der Waals surface area contributed by atoms with Gasteiger partial charge >= 0.3 is 5.63 Å². The highest BCUT2D eigenvalue weighted by atomic mass is 35.5. The minimum atomic E-state index is -0.404. The van der Waals surface area contributed by atoms with Crippen molar-refractivity contribution in [2.75, 3.05) is 5.32 Å². The summed E-state index contributed by atoms with van der Waals surface area (Å²) < 4.78 is 5.05. The number of fused-ring (bicyclic) bond motifs is 1. The second-order valence-corrected chi connectivity index (χ2v) is 5.33. The highest BCUT2D eigenvalue weighted by molar-refractivity contribution is 6.31. The van der Waals surface area contributed by atoms with Gasteiger partial charge in [0.1, 0.15) is 5.58 Å². The van der Waals surface area contributed by atoms with E-state index in [2.05, 4.69) is 5.32 Å². The van der Waals surface area contributed by atoms with Crippen LogP contribution in [0, 0.1) is 6.92 Å². The number of rotatable bonds is 2. The van der Waals surface area contributed by atoms with Gasteiger partial charge in [-0.2, -0.15) is 0 Å². The second kappa shape index (κ2) is 5.66. The summed E-state index contributed by atoms with van der Waals surface area (Å²) in [5.41, 5.74) is 2.08. The van der Waals surface area contributed by atoms with Crippen LogP contribution in [-0.4, -0.2) is 5.91 Å². The number of hydrogen-bond donors (Lipinski definition) is 1. The van der Waals surface area contributed by atoms with Crippen LogP contribution >= 0.6 is 11.6 Å². The minimum Gasteiger partial charge on any atom is -0.423 e. The highest BCUT2D eigenvalue weighted by Crippen LogP contribution is 2.20. The summed E-state index contributed by atoms with van der Waals surface area (Å²) >= 11 is 6.03. The van der Waals surface area contributed by atoms with Gasteiger partial charge < -0.3 is 9.73 Å². The van der Waals surface area contributed by atoms with Crippen molar-refractivity contribution in [3.05, 3.63) is 75.1 Å². The molecule has 0 fully saturated rings. The van der Waals surface area contributed by atoms with Crippen LogP contribution in [0.3, 0.4) is 0 Å². The van der Waals surface area contributed by atoms with Crippen molar-refractivity contribution in [1.29, 1.82) is 0 Å². The molecular weight excluding hydrogens is 302 g/mol. The number of anilines is 1. The van der Waals surface area contributed by atoms with Gasteiger partial charge in [-0.05, 0) is 48.9 Å². The number of benzene rings is 2. The first-order valence-electron chi connectivity index (χ1n) is 6.64. The van der Waals surface area contributed by atoms with Crippen molar-refractivity contribution < 1.29 is 9.21 Å². The first kappa shape index (κ1) is 14.4. The number of nitrogens with one attached hydrogen (secondary N) is 1. The quantitative estimate of drug-likeness (QED) is 0.727. The Morgan fingerprint density at radius 1 is 1.09 bits per heavy atom. The van der Waals surface area contributed by atoms with Crippen molar-refractivity contribution in [2.24, 2.45) is 0 Å². The zero-order chi connectivity index (χ0) is 15.7. The molecule has 0 aliphatic carbocycles. The monoisotopic (exact) mass is 313 g/mol. The molecule has 1 heterocycles. The normalized spacial score (nSPS) is 10.6. The van der Waals surface area contributed by atoms with E-state index in [1.165, 1.54) is 6.07 Å². The van der Waals surface area contributed by atoms with Crippen LogP contribution in [0.1, 0.15) is 15.9 Å². The molecule has 0 saturated heterocycles. The van der Waals surface area contributed by atoms with E-state index in [0.29, 0.717) is 21.9 Å². The van der Waals surface area contributed by atoms with Gasteiger partial charge in [0, 0.05) is 27.7 Å². The summed E-state index contributed by atoms with van der Waals surface area (Å²) in [5.74, 6) is -0.251. The third-order valence-electron chi connectivity index (χ3n) is 3.31. The van der Waals surface area contributed by atoms with E-state index in [1.807, 2.05) is 6.92 Å². The molecule has 0 unspecified atom stereocenters. The Morgan fingerprint density at radius 3 is 2.68 bits per heavy atom. The standard InChI is InChI=1S/C17H12ClNO3/c1-10-2-3-12(9-14(10)18)17(21)19-13-5-6-15-11(8-13)4-7-16(20)22-15/h2-9H,1H3,(H,19,21). The van der Waals surface area contributed by atoms with E-state index in [9.17, 15) is 9.59 Å². The van der Waals surface area contributed by atoms with Crippen LogP contribution in [0.5, 0.6) is 0 Å². The van der Waals surface area contributed by atoms with E-state index in [0.717, 1.165) is 10.9 Å². The number of amides is 1. The van der Waals surface area contributed by atoms with Crippen molar-refractivity contribution >= 4 is 34.2 Å². The average Bonchev–Trinajstić information content (AvgIpc) is 2.50. The first-order chi connectivity index (χ1) is 10.5. The minimum absolute atomic E-state index is 0.251. The molecule has 3 rings (SSSR count). The van der Waals surface area contributed by atoms with E-state index in [4.69, 9.17) is 16.0 Å². The average molecular weight is 314 g/mol. The summed E-state index contributed by atoms with van der Waals surface area (Å²) in [6.45, 7) is 1.88. The van der Waals surface area contributed by atoms with E-state index < -0.39 is 5.63 Å². The Hall–Kier alpha value is -2.59. The van der Waals surface area contributed by atoms with Gasteiger partial charge in [0.15, 0.2) is 0 Å². The van der Waals surface area contributed by atoms with Gasteiger partial charge in [-0.3, -0.25) is 4.79 Å². The number of carbonyl (C=O) groups excluding carboxylic acids is 1. The van der Waals surface area contributed by atoms with Gasteiger partial charge in [0.2, 0.25) is 0 Å². The van der Waals surface area contributed by atoms with Crippen LogP contribution in [0.2, 0.25) is 5.02 Å². The van der Waals surface area contributed by atoms with Gasteiger partial charge in [0.05, 0.1) is 0 Å². The number of hydrogen-bond acceptors (Lipinski definition) is 3. The number of halogens is 1. The van der Waals surface area contributed by atoms with Gasteiger partial charge in [-0.25, -0.2) is 4.79 Å². The van der Waals surface area contributed by atoms with Crippen LogP contribution in [0.15, 0.2) is 57.7 Å². The van der Waals surface area contributed by atoms with E-state index in [-0.39, 0.29) is 5.91 Å². The Morgan fingerprint density at radius 2 is 1.91 bits per heavy atom. The smallest absolute Gasteiger partial charge is 0.336 e. The third-order valence-corrected chi connectivity index (χ3v) is 3.72. The molecule has 0 bridgehead atoms. The molecule has 1 amide bonds. The van der Waals surface area contributed by atoms with Gasteiger partial charge in [0.25, 0.3) is 5.91 Å². The molecule has 22 heavy (non-hydrogen) atoms. The molecule has 0 aliphatic rings. The molecule has 0 aliphatic heterocycles. The number of aryl methyl sites for hydroxylation is 1. The lowest BCUT2D eigenvalue weighted by molar-refractivity contribution is 0.102. The molecule has 4 nitrogen and oxygen atoms in total. The summed E-state index contributed by atoms with van der Waals surface area (Å²) in [6.07, 6.45) is 0. The Kier molecular flexibility index (Phi) is 3.69. The Bertz CT molecular complexity index is 931. The summed E-state index contributed by atoms with van der Waals surface area (Å²) in [5, 5.41) is 4.08. The SMILES string of the molecule is Cc1ccc(C(=O)Nc2ccc3oc(=O)ccc3c2)cc1Cl. The van der Waals surface area contributed by atoms with Crippen LogP contribution in [0.4, 0.5) is 5.69 Å². The lowest BCUT2D eigenvalue weighted by Gasteiger charge is -2.07. The maximum absolute atomic E-state index is 12.2. The fourth-order valence-corrected chi connectivity index (χ4v) is 2.27. The maximum atomic E-state index is 12.2. The fraction of sp³-hybridized carbons (Fsp3) is 0.0588. The van der Waals surface area contributed by atoms with Crippen molar-refractivity contribution in [2.45, 2.75) is 6.92 Å². The molecule has 3 aromatic rings. The van der Waals surface area contributed by atoms with Crippen molar-refractivity contribution in [3.8, 4) is 0 Å². The predicted molar refractivity (Wildman–Crippen MR) is 86.6 cm³/mol. The van der Waals surface area contributed by atoms with Crippen molar-refractivity contribution in [1.82, 2.24) is 0 Å². The zero-order valence-corrected chi connectivity index (χ0v) is 12.5. The van der Waals surface area contributed by atoms with Crippen LogP contribution in [-0.2, 0) is 0 Å².